The lowest BCUT2D eigenvalue weighted by Crippen LogP contribution is -2.43. The highest BCUT2D eigenvalue weighted by atomic mass is 16.3. The van der Waals surface area contributed by atoms with Crippen LogP contribution in [0.5, 0.6) is 0 Å². The molecule has 0 amide bonds. The smallest absolute Gasteiger partial charge is 0.0695 e. The van der Waals surface area contributed by atoms with Crippen LogP contribution in [-0.4, -0.2) is 35.2 Å². The molecule has 1 fully saturated rings. The molecule has 0 aromatic rings. The van der Waals surface area contributed by atoms with Gasteiger partial charge in [-0.25, -0.2) is 0 Å². The average Bonchev–Trinajstić information content (AvgIpc) is 2.48. The molecule has 0 radical (unpaired) electrons. The van der Waals surface area contributed by atoms with E-state index in [0.29, 0.717) is 12.1 Å². The van der Waals surface area contributed by atoms with Gasteiger partial charge in [-0.15, -0.1) is 0 Å². The molecule has 0 aromatic heterocycles. The Morgan fingerprint density at radius 1 is 1.29 bits per heavy atom. The molecule has 1 unspecified atom stereocenters. The van der Waals surface area contributed by atoms with E-state index in [0.717, 1.165) is 12.3 Å². The second kappa shape index (κ2) is 5.13. The zero-order valence-corrected chi connectivity index (χ0v) is 10.0. The Balaban J connectivity index is 2.42. The lowest BCUT2D eigenvalue weighted by Gasteiger charge is -2.33. The third kappa shape index (κ3) is 2.96. The normalized spacial score (nSPS) is 30.2. The van der Waals surface area contributed by atoms with Gasteiger partial charge in [0, 0.05) is 12.1 Å². The minimum atomic E-state index is -0.0883. The van der Waals surface area contributed by atoms with Gasteiger partial charge in [-0.3, -0.25) is 4.90 Å². The topological polar surface area (TPSA) is 23.5 Å². The van der Waals surface area contributed by atoms with E-state index in [-0.39, 0.29) is 6.10 Å². The summed E-state index contributed by atoms with van der Waals surface area (Å²) in [5, 5.41) is 9.80. The molecular weight excluding hydrogens is 174 g/mol. The number of likely N-dealkylation sites (N-methyl/N-ethyl adjacent to an activating group) is 1. The quantitative estimate of drug-likeness (QED) is 0.751. The van der Waals surface area contributed by atoms with Crippen LogP contribution in [0.15, 0.2) is 0 Å². The summed E-state index contributed by atoms with van der Waals surface area (Å²) in [6, 6.07) is 0.997. The Kier molecular flexibility index (Phi) is 4.39. The van der Waals surface area contributed by atoms with Crippen molar-refractivity contribution in [2.75, 3.05) is 7.05 Å². The van der Waals surface area contributed by atoms with E-state index in [1.54, 1.807) is 0 Å². The first kappa shape index (κ1) is 12.0. The number of rotatable bonds is 4. The molecule has 0 spiro atoms. The Bertz CT molecular complexity index is 170. The van der Waals surface area contributed by atoms with Crippen LogP contribution in [0.2, 0.25) is 0 Å². The number of aliphatic hydroxyl groups excluding tert-OH is 1. The monoisotopic (exact) mass is 199 g/mol. The van der Waals surface area contributed by atoms with Crippen LogP contribution in [0.3, 0.4) is 0 Å². The molecule has 1 aliphatic carbocycles. The molecule has 0 aromatic carbocycles. The van der Waals surface area contributed by atoms with Crippen molar-refractivity contribution in [1.29, 1.82) is 0 Å². The summed E-state index contributed by atoms with van der Waals surface area (Å²) in [6.07, 6.45) is 4.47. The van der Waals surface area contributed by atoms with Gasteiger partial charge in [0.25, 0.3) is 0 Å². The first-order valence-corrected chi connectivity index (χ1v) is 5.92. The van der Waals surface area contributed by atoms with Crippen LogP contribution >= 0.6 is 0 Å². The summed E-state index contributed by atoms with van der Waals surface area (Å²) in [4.78, 5) is 2.37. The van der Waals surface area contributed by atoms with Crippen LogP contribution < -0.4 is 0 Å². The van der Waals surface area contributed by atoms with Gasteiger partial charge in [-0.2, -0.15) is 0 Å². The van der Waals surface area contributed by atoms with E-state index >= 15 is 0 Å². The van der Waals surface area contributed by atoms with Crippen molar-refractivity contribution in [2.24, 2.45) is 5.92 Å². The van der Waals surface area contributed by atoms with Crippen molar-refractivity contribution < 1.29 is 5.11 Å². The zero-order valence-electron chi connectivity index (χ0n) is 10.0. The van der Waals surface area contributed by atoms with Crippen LogP contribution in [0.25, 0.3) is 0 Å². The zero-order chi connectivity index (χ0) is 10.7. The largest absolute Gasteiger partial charge is 0.391 e. The van der Waals surface area contributed by atoms with Gasteiger partial charge in [0.15, 0.2) is 0 Å². The molecule has 0 bridgehead atoms. The Morgan fingerprint density at radius 3 is 2.36 bits per heavy atom. The van der Waals surface area contributed by atoms with Crippen molar-refractivity contribution >= 4 is 0 Å². The SMILES string of the molecule is CC(C)CC(C)N(C)[C@H]1CCC[C@@H]1O. The highest BCUT2D eigenvalue weighted by Crippen LogP contribution is 2.25. The summed E-state index contributed by atoms with van der Waals surface area (Å²) >= 11 is 0. The summed E-state index contributed by atoms with van der Waals surface area (Å²) in [5.41, 5.74) is 0. The maximum Gasteiger partial charge on any atom is 0.0695 e. The molecule has 2 nitrogen and oxygen atoms in total. The summed E-state index contributed by atoms with van der Waals surface area (Å²) < 4.78 is 0. The molecular formula is C12H25NO. The third-order valence-corrected chi connectivity index (χ3v) is 3.47. The molecule has 1 N–H and O–H groups in total. The fraction of sp³-hybridized carbons (Fsp3) is 1.00. The first-order chi connectivity index (χ1) is 6.52. The van der Waals surface area contributed by atoms with Gasteiger partial charge in [0.2, 0.25) is 0 Å². The highest BCUT2D eigenvalue weighted by molar-refractivity contribution is 4.85. The van der Waals surface area contributed by atoms with Crippen molar-refractivity contribution in [3.05, 3.63) is 0 Å². The molecule has 3 atom stereocenters. The van der Waals surface area contributed by atoms with Crippen molar-refractivity contribution in [3.63, 3.8) is 0 Å². The third-order valence-electron chi connectivity index (χ3n) is 3.47. The summed E-state index contributed by atoms with van der Waals surface area (Å²) in [7, 11) is 2.16. The Morgan fingerprint density at radius 2 is 1.93 bits per heavy atom. The van der Waals surface area contributed by atoms with Crippen LogP contribution in [-0.2, 0) is 0 Å². The maximum absolute atomic E-state index is 9.80. The fourth-order valence-corrected chi connectivity index (χ4v) is 2.57. The van der Waals surface area contributed by atoms with Crippen LogP contribution in [0, 0.1) is 5.92 Å². The molecule has 0 heterocycles. The van der Waals surface area contributed by atoms with E-state index in [1.165, 1.54) is 19.3 Å². The van der Waals surface area contributed by atoms with Gasteiger partial charge in [0.05, 0.1) is 6.10 Å². The van der Waals surface area contributed by atoms with Crippen LogP contribution in [0.1, 0.15) is 46.5 Å². The summed E-state index contributed by atoms with van der Waals surface area (Å²) in [5.74, 6) is 0.742. The Hall–Kier alpha value is -0.0800. The number of hydrogen-bond donors (Lipinski definition) is 1. The molecule has 2 heteroatoms. The molecule has 1 rings (SSSR count). The number of nitrogens with zero attached hydrogens (tertiary/aromatic N) is 1. The van der Waals surface area contributed by atoms with E-state index < -0.39 is 0 Å². The number of hydrogen-bond acceptors (Lipinski definition) is 2. The van der Waals surface area contributed by atoms with Gasteiger partial charge in [-0.1, -0.05) is 13.8 Å². The van der Waals surface area contributed by atoms with Crippen molar-refractivity contribution in [3.8, 4) is 0 Å². The van der Waals surface area contributed by atoms with Crippen molar-refractivity contribution in [1.82, 2.24) is 4.90 Å². The van der Waals surface area contributed by atoms with E-state index in [2.05, 4.69) is 32.7 Å². The average molecular weight is 199 g/mol. The van der Waals surface area contributed by atoms with Crippen LogP contribution in [0.4, 0.5) is 0 Å². The number of aliphatic hydroxyl groups is 1. The molecule has 0 aliphatic heterocycles. The fourth-order valence-electron chi connectivity index (χ4n) is 2.57. The van der Waals surface area contributed by atoms with Crippen molar-refractivity contribution in [2.45, 2.75) is 64.6 Å². The second-order valence-electron chi connectivity index (χ2n) is 5.21. The standard InChI is InChI=1S/C12H25NO/c1-9(2)8-10(3)13(4)11-6-5-7-12(11)14/h9-12,14H,5-8H2,1-4H3/t10?,11-,12-/m0/s1. The molecule has 1 aliphatic rings. The lowest BCUT2D eigenvalue weighted by molar-refractivity contribution is 0.0601. The second-order valence-corrected chi connectivity index (χ2v) is 5.21. The molecule has 1 saturated carbocycles. The predicted octanol–water partition coefficient (Wildman–Crippen LogP) is 2.27. The summed E-state index contributed by atoms with van der Waals surface area (Å²) in [6.45, 7) is 6.79. The molecule has 14 heavy (non-hydrogen) atoms. The van der Waals surface area contributed by atoms with Gasteiger partial charge < -0.3 is 5.11 Å². The van der Waals surface area contributed by atoms with E-state index in [1.807, 2.05) is 0 Å². The maximum atomic E-state index is 9.80. The first-order valence-electron chi connectivity index (χ1n) is 5.92. The van der Waals surface area contributed by atoms with Gasteiger partial charge in [0.1, 0.15) is 0 Å². The lowest BCUT2D eigenvalue weighted by atomic mass is 10.0. The van der Waals surface area contributed by atoms with E-state index in [9.17, 15) is 5.11 Å². The minimum absolute atomic E-state index is 0.0883. The van der Waals surface area contributed by atoms with Gasteiger partial charge >= 0.3 is 0 Å². The Labute approximate surface area is 88.3 Å². The molecule has 84 valence electrons. The highest BCUT2D eigenvalue weighted by Gasteiger charge is 2.30. The van der Waals surface area contributed by atoms with E-state index in [4.69, 9.17) is 0 Å². The minimum Gasteiger partial charge on any atom is -0.391 e. The molecule has 0 saturated heterocycles. The van der Waals surface area contributed by atoms with Gasteiger partial charge in [-0.05, 0) is 45.6 Å². The predicted molar refractivity (Wildman–Crippen MR) is 60.3 cm³/mol.